The molecule has 0 bridgehead atoms. The molecule has 1 amide bonds. The Morgan fingerprint density at radius 3 is 2.68 bits per heavy atom. The molecule has 8 nitrogen and oxygen atoms in total. The summed E-state index contributed by atoms with van der Waals surface area (Å²) in [6.07, 6.45) is 1.52. The molecule has 0 aliphatic heterocycles. The van der Waals surface area contributed by atoms with Crippen LogP contribution in [0.4, 0.5) is 5.69 Å². The molecule has 10 heteroatoms. The van der Waals surface area contributed by atoms with E-state index < -0.39 is 15.6 Å². The molecule has 1 aromatic carbocycles. The number of nitriles is 1. The van der Waals surface area contributed by atoms with Crippen LogP contribution in [0, 0.1) is 11.3 Å². The zero-order chi connectivity index (χ0) is 18.3. The summed E-state index contributed by atoms with van der Waals surface area (Å²) in [6.45, 7) is 1.07. The molecule has 2 aromatic rings. The summed E-state index contributed by atoms with van der Waals surface area (Å²) in [7, 11) is -3.71. The topological polar surface area (TPSA) is 122 Å². The van der Waals surface area contributed by atoms with Crippen LogP contribution in [-0.4, -0.2) is 37.4 Å². The standard InChI is InChI=1S/C15H14N4O4S2/c1-11(20)18-12-2-4-13(5-3-12)25(21,22)10-14(19-23-8-6-16)15-17-7-9-24-15/h2-5,7,9H,8,10H2,1H3,(H,18,20)/b19-14-. The molecule has 1 aromatic heterocycles. The van der Waals surface area contributed by atoms with Gasteiger partial charge in [0.1, 0.15) is 22.5 Å². The lowest BCUT2D eigenvalue weighted by Gasteiger charge is -2.07. The lowest BCUT2D eigenvalue weighted by Crippen LogP contribution is -2.18. The predicted octanol–water partition coefficient (Wildman–Crippen LogP) is 1.82. The second-order valence-corrected chi connectivity index (χ2v) is 7.66. The third-order valence-electron chi connectivity index (χ3n) is 2.84. The number of oxime groups is 1. The number of amides is 1. The number of hydrogen-bond donors (Lipinski definition) is 1. The molecule has 0 radical (unpaired) electrons. The maximum Gasteiger partial charge on any atom is 0.221 e. The van der Waals surface area contributed by atoms with Gasteiger partial charge in [-0.25, -0.2) is 13.4 Å². The molecule has 0 atom stereocenters. The van der Waals surface area contributed by atoms with Crippen molar-refractivity contribution in [1.82, 2.24) is 4.98 Å². The van der Waals surface area contributed by atoms with Gasteiger partial charge in [-0.3, -0.25) is 4.79 Å². The molecule has 1 N–H and O–H groups in total. The highest BCUT2D eigenvalue weighted by Gasteiger charge is 2.21. The molecule has 0 aliphatic rings. The van der Waals surface area contributed by atoms with Crippen molar-refractivity contribution in [2.24, 2.45) is 5.16 Å². The van der Waals surface area contributed by atoms with Crippen LogP contribution in [0.25, 0.3) is 0 Å². The average molecular weight is 378 g/mol. The Morgan fingerprint density at radius 2 is 2.12 bits per heavy atom. The average Bonchev–Trinajstić information content (AvgIpc) is 3.08. The van der Waals surface area contributed by atoms with Gasteiger partial charge in [-0.15, -0.1) is 11.3 Å². The third-order valence-corrected chi connectivity index (χ3v) is 5.31. The Kier molecular flexibility index (Phi) is 6.21. The lowest BCUT2D eigenvalue weighted by atomic mass is 10.3. The number of nitrogens with zero attached hydrogens (tertiary/aromatic N) is 3. The van der Waals surface area contributed by atoms with E-state index >= 15 is 0 Å². The highest BCUT2D eigenvalue weighted by Crippen LogP contribution is 2.18. The normalized spacial score (nSPS) is 11.6. The summed E-state index contributed by atoms with van der Waals surface area (Å²) >= 11 is 1.22. The molecular weight excluding hydrogens is 364 g/mol. The van der Waals surface area contributed by atoms with Crippen LogP contribution >= 0.6 is 11.3 Å². The maximum absolute atomic E-state index is 12.6. The zero-order valence-corrected chi connectivity index (χ0v) is 14.8. The van der Waals surface area contributed by atoms with Crippen molar-refractivity contribution in [3.63, 3.8) is 0 Å². The largest absolute Gasteiger partial charge is 0.380 e. The first-order valence-corrected chi connectivity index (χ1v) is 9.51. The number of anilines is 1. The van der Waals surface area contributed by atoms with Gasteiger partial charge in [0.15, 0.2) is 9.84 Å². The SMILES string of the molecule is CC(=O)Nc1ccc(S(=O)(=O)C/C(=N/OCC#N)c2nccs2)cc1. The highest BCUT2D eigenvalue weighted by atomic mass is 32.2. The number of thiazole rings is 1. The maximum atomic E-state index is 12.6. The molecular formula is C15H14N4O4S2. The Labute approximate surface area is 148 Å². The van der Waals surface area contributed by atoms with E-state index in [0.29, 0.717) is 10.7 Å². The summed E-state index contributed by atoms with van der Waals surface area (Å²) in [6, 6.07) is 7.55. The van der Waals surface area contributed by atoms with Gasteiger partial charge < -0.3 is 10.2 Å². The first-order chi connectivity index (χ1) is 11.9. The minimum absolute atomic E-state index is 0.0751. The van der Waals surface area contributed by atoms with Gasteiger partial charge in [0, 0.05) is 24.2 Å². The Hall–Kier alpha value is -2.77. The summed E-state index contributed by atoms with van der Waals surface area (Å²) in [4.78, 5) is 19.9. The van der Waals surface area contributed by atoms with Crippen LogP contribution in [0.15, 0.2) is 45.9 Å². The Balaban J connectivity index is 2.23. The molecule has 130 valence electrons. The monoisotopic (exact) mass is 378 g/mol. The molecule has 25 heavy (non-hydrogen) atoms. The first kappa shape index (κ1) is 18.6. The van der Waals surface area contributed by atoms with Gasteiger partial charge >= 0.3 is 0 Å². The van der Waals surface area contributed by atoms with Crippen LogP contribution in [0.3, 0.4) is 0 Å². The van der Waals surface area contributed by atoms with E-state index in [0.717, 1.165) is 0 Å². The number of carbonyl (C=O) groups excluding carboxylic acids is 1. The summed E-state index contributed by atoms with van der Waals surface area (Å²) in [5, 5.41) is 16.9. The van der Waals surface area contributed by atoms with Crippen molar-refractivity contribution in [2.45, 2.75) is 11.8 Å². The molecule has 2 rings (SSSR count). The van der Waals surface area contributed by atoms with Crippen molar-refractivity contribution in [3.8, 4) is 6.07 Å². The molecule has 0 spiro atoms. The number of sulfone groups is 1. The molecule has 0 unspecified atom stereocenters. The van der Waals surface area contributed by atoms with Crippen molar-refractivity contribution >= 4 is 38.5 Å². The van der Waals surface area contributed by atoms with Crippen LogP contribution < -0.4 is 5.32 Å². The minimum Gasteiger partial charge on any atom is -0.380 e. The molecule has 0 saturated carbocycles. The fourth-order valence-corrected chi connectivity index (χ4v) is 3.82. The van der Waals surface area contributed by atoms with E-state index in [9.17, 15) is 13.2 Å². The van der Waals surface area contributed by atoms with E-state index in [4.69, 9.17) is 10.1 Å². The molecule has 1 heterocycles. The number of carbonyl (C=O) groups is 1. The van der Waals surface area contributed by atoms with Crippen LogP contribution in [0.1, 0.15) is 11.9 Å². The fraction of sp³-hybridized carbons (Fsp3) is 0.200. The second kappa shape index (κ2) is 8.36. The number of benzene rings is 1. The van der Waals surface area contributed by atoms with Gasteiger partial charge in [-0.1, -0.05) is 5.16 Å². The summed E-state index contributed by atoms with van der Waals surface area (Å²) in [5.74, 6) is -0.672. The quantitative estimate of drug-likeness (QED) is 0.445. The van der Waals surface area contributed by atoms with Crippen molar-refractivity contribution in [2.75, 3.05) is 17.7 Å². The van der Waals surface area contributed by atoms with Crippen molar-refractivity contribution in [1.29, 1.82) is 5.26 Å². The van der Waals surface area contributed by atoms with Crippen LogP contribution in [0.5, 0.6) is 0 Å². The number of rotatable bonds is 7. The third kappa shape index (κ3) is 5.37. The number of nitrogens with one attached hydrogen (secondary N) is 1. The van der Waals surface area contributed by atoms with Gasteiger partial charge in [0.25, 0.3) is 0 Å². The summed E-state index contributed by atoms with van der Waals surface area (Å²) in [5.41, 5.74) is 0.619. The summed E-state index contributed by atoms with van der Waals surface area (Å²) < 4.78 is 25.2. The smallest absolute Gasteiger partial charge is 0.221 e. The Morgan fingerprint density at radius 1 is 1.40 bits per heavy atom. The van der Waals surface area contributed by atoms with Crippen molar-refractivity contribution < 1.29 is 18.0 Å². The predicted molar refractivity (Wildman–Crippen MR) is 93.0 cm³/mol. The van der Waals surface area contributed by atoms with Gasteiger partial charge in [0.2, 0.25) is 12.5 Å². The lowest BCUT2D eigenvalue weighted by molar-refractivity contribution is -0.114. The van der Waals surface area contributed by atoms with Gasteiger partial charge in [-0.2, -0.15) is 5.26 Å². The molecule has 0 fully saturated rings. The van der Waals surface area contributed by atoms with E-state index in [2.05, 4.69) is 15.5 Å². The van der Waals surface area contributed by atoms with Crippen LogP contribution in [-0.2, 0) is 19.5 Å². The van der Waals surface area contributed by atoms with E-state index in [-0.39, 0.29) is 23.1 Å². The zero-order valence-electron chi connectivity index (χ0n) is 13.2. The first-order valence-electron chi connectivity index (χ1n) is 6.98. The molecule has 0 aliphatic carbocycles. The minimum atomic E-state index is -3.71. The van der Waals surface area contributed by atoms with Crippen molar-refractivity contribution in [3.05, 3.63) is 40.8 Å². The van der Waals surface area contributed by atoms with Crippen LogP contribution in [0.2, 0.25) is 0 Å². The van der Waals surface area contributed by atoms with E-state index in [1.54, 1.807) is 11.4 Å². The van der Waals surface area contributed by atoms with E-state index in [1.807, 2.05) is 0 Å². The highest BCUT2D eigenvalue weighted by molar-refractivity contribution is 7.92. The van der Waals surface area contributed by atoms with Gasteiger partial charge in [0.05, 0.1) is 4.90 Å². The number of hydrogen-bond acceptors (Lipinski definition) is 8. The number of aromatic nitrogens is 1. The second-order valence-electron chi connectivity index (χ2n) is 4.77. The Bertz CT molecular complexity index is 898. The fourth-order valence-electron chi connectivity index (χ4n) is 1.84. The van der Waals surface area contributed by atoms with E-state index in [1.165, 1.54) is 48.7 Å². The van der Waals surface area contributed by atoms with Gasteiger partial charge in [-0.05, 0) is 24.3 Å². The molecule has 0 saturated heterocycles.